The van der Waals surface area contributed by atoms with Crippen LogP contribution in [0.1, 0.15) is 27.0 Å². The lowest BCUT2D eigenvalue weighted by Gasteiger charge is -2.18. The molecule has 5 nitrogen and oxygen atoms in total. The maximum Gasteiger partial charge on any atom is 0.185 e. The van der Waals surface area contributed by atoms with Gasteiger partial charge in [0.2, 0.25) is 0 Å². The van der Waals surface area contributed by atoms with Gasteiger partial charge in [-0.15, -0.1) is 0 Å². The number of hydrogen-bond acceptors (Lipinski definition) is 5. The van der Waals surface area contributed by atoms with Crippen LogP contribution in [0, 0.1) is 6.92 Å². The van der Waals surface area contributed by atoms with E-state index in [1.165, 1.54) is 0 Å². The minimum Gasteiger partial charge on any atom is -0.496 e. The Hall–Kier alpha value is -3.44. The maximum absolute atomic E-state index is 12.6. The van der Waals surface area contributed by atoms with Crippen molar-refractivity contribution in [1.82, 2.24) is 0 Å². The number of methoxy groups -OCH3 is 1. The molecule has 164 valence electrons. The quantitative estimate of drug-likeness (QED) is 0.331. The molecule has 0 bridgehead atoms. The summed E-state index contributed by atoms with van der Waals surface area (Å²) in [6.07, 6.45) is 3.31. The summed E-state index contributed by atoms with van der Waals surface area (Å²) in [7, 11) is 1.62. The van der Waals surface area contributed by atoms with Crippen molar-refractivity contribution < 1.29 is 23.7 Å². The number of halogens is 1. The van der Waals surface area contributed by atoms with Gasteiger partial charge in [0.05, 0.1) is 7.11 Å². The molecule has 0 aromatic heterocycles. The zero-order valence-electron chi connectivity index (χ0n) is 17.9. The first-order valence-electron chi connectivity index (χ1n) is 10.2. The van der Waals surface area contributed by atoms with Gasteiger partial charge in [0.15, 0.2) is 17.3 Å². The van der Waals surface area contributed by atoms with Gasteiger partial charge in [-0.3, -0.25) is 4.79 Å². The fourth-order valence-corrected chi connectivity index (χ4v) is 3.47. The highest BCUT2D eigenvalue weighted by Crippen LogP contribution is 2.31. The van der Waals surface area contributed by atoms with Crippen molar-refractivity contribution in [2.75, 3.05) is 20.3 Å². The standard InChI is InChI=1S/C26H23ClO5/c1-17-13-21(6-7-22(17)27)32-16-20-14-18(4-9-24(20)29-2)3-8-23(28)19-5-10-25-26(15-19)31-12-11-30-25/h3-10,13-15H,11-12,16H2,1-2H3/b8-3+. The SMILES string of the molecule is COc1ccc(/C=C/C(=O)c2ccc3c(c2)OCCO3)cc1COc1ccc(Cl)c(C)c1. The molecule has 0 N–H and O–H groups in total. The predicted molar refractivity (Wildman–Crippen MR) is 124 cm³/mol. The van der Waals surface area contributed by atoms with Crippen LogP contribution in [0.15, 0.2) is 60.7 Å². The molecule has 1 aliphatic heterocycles. The molecule has 0 aliphatic carbocycles. The van der Waals surface area contributed by atoms with E-state index in [0.29, 0.717) is 47.7 Å². The number of hydrogen-bond donors (Lipinski definition) is 0. The molecule has 32 heavy (non-hydrogen) atoms. The first-order chi connectivity index (χ1) is 15.5. The smallest absolute Gasteiger partial charge is 0.185 e. The largest absolute Gasteiger partial charge is 0.496 e. The topological polar surface area (TPSA) is 54.0 Å². The second kappa shape index (κ2) is 9.79. The zero-order valence-corrected chi connectivity index (χ0v) is 18.6. The molecule has 0 atom stereocenters. The first-order valence-corrected chi connectivity index (χ1v) is 10.6. The van der Waals surface area contributed by atoms with Crippen molar-refractivity contribution in [2.24, 2.45) is 0 Å². The Morgan fingerprint density at radius 2 is 1.84 bits per heavy atom. The maximum atomic E-state index is 12.6. The molecule has 0 saturated heterocycles. The zero-order chi connectivity index (χ0) is 22.5. The molecule has 0 saturated carbocycles. The van der Waals surface area contributed by atoms with Gasteiger partial charge in [-0.1, -0.05) is 23.7 Å². The van der Waals surface area contributed by atoms with E-state index in [1.54, 1.807) is 37.5 Å². The third-order valence-electron chi connectivity index (χ3n) is 5.08. The van der Waals surface area contributed by atoms with Crippen LogP contribution in [0.5, 0.6) is 23.0 Å². The van der Waals surface area contributed by atoms with Crippen LogP contribution in [-0.4, -0.2) is 26.1 Å². The molecule has 0 fully saturated rings. The highest BCUT2D eigenvalue weighted by Gasteiger charge is 2.14. The highest BCUT2D eigenvalue weighted by atomic mass is 35.5. The lowest BCUT2D eigenvalue weighted by molar-refractivity contribution is 0.104. The number of rotatable bonds is 7. The van der Waals surface area contributed by atoms with Crippen molar-refractivity contribution >= 4 is 23.5 Å². The van der Waals surface area contributed by atoms with Gasteiger partial charge in [-0.25, -0.2) is 0 Å². The number of carbonyl (C=O) groups is 1. The average molecular weight is 451 g/mol. The van der Waals surface area contributed by atoms with Crippen LogP contribution in [0.4, 0.5) is 0 Å². The molecule has 0 radical (unpaired) electrons. The lowest BCUT2D eigenvalue weighted by atomic mass is 10.1. The predicted octanol–water partition coefficient (Wildman–Crippen LogP) is 5.90. The Labute approximate surface area is 192 Å². The van der Waals surface area contributed by atoms with Crippen LogP contribution >= 0.6 is 11.6 Å². The van der Waals surface area contributed by atoms with Crippen molar-refractivity contribution in [1.29, 1.82) is 0 Å². The summed E-state index contributed by atoms with van der Waals surface area (Å²) in [5.74, 6) is 2.58. The molecule has 0 spiro atoms. The molecule has 3 aromatic carbocycles. The molecule has 4 rings (SSSR count). The fourth-order valence-electron chi connectivity index (χ4n) is 3.35. The summed E-state index contributed by atoms with van der Waals surface area (Å²) in [4.78, 5) is 12.6. The molecule has 1 aliphatic rings. The lowest BCUT2D eigenvalue weighted by Crippen LogP contribution is -2.15. The van der Waals surface area contributed by atoms with Crippen molar-refractivity contribution in [3.8, 4) is 23.0 Å². The van der Waals surface area contributed by atoms with Crippen LogP contribution in [0.2, 0.25) is 5.02 Å². The number of aryl methyl sites for hydroxylation is 1. The third-order valence-corrected chi connectivity index (χ3v) is 5.51. The molecular weight excluding hydrogens is 428 g/mol. The third kappa shape index (κ3) is 5.06. The summed E-state index contributed by atoms with van der Waals surface area (Å²) < 4.78 is 22.4. The van der Waals surface area contributed by atoms with E-state index in [9.17, 15) is 4.79 Å². The van der Waals surface area contributed by atoms with Gasteiger partial charge >= 0.3 is 0 Å². The van der Waals surface area contributed by atoms with E-state index in [4.69, 9.17) is 30.5 Å². The summed E-state index contributed by atoms with van der Waals surface area (Å²) in [6.45, 7) is 3.25. The number of benzene rings is 3. The van der Waals surface area contributed by atoms with Crippen molar-refractivity contribution in [3.63, 3.8) is 0 Å². The Balaban J connectivity index is 1.48. The van der Waals surface area contributed by atoms with E-state index < -0.39 is 0 Å². The van der Waals surface area contributed by atoms with E-state index in [2.05, 4.69) is 0 Å². The summed E-state index contributed by atoms with van der Waals surface area (Å²) in [6, 6.07) is 16.4. The van der Waals surface area contributed by atoms with E-state index in [0.717, 1.165) is 22.4 Å². The molecule has 0 unspecified atom stereocenters. The monoisotopic (exact) mass is 450 g/mol. The summed E-state index contributed by atoms with van der Waals surface area (Å²) >= 11 is 6.08. The normalized spacial score (nSPS) is 12.6. The average Bonchev–Trinajstić information content (AvgIpc) is 2.83. The Bertz CT molecular complexity index is 1170. The van der Waals surface area contributed by atoms with Gasteiger partial charge in [-0.05, 0) is 72.7 Å². The van der Waals surface area contributed by atoms with Crippen LogP contribution in [-0.2, 0) is 6.61 Å². The molecule has 6 heteroatoms. The molecular formula is C26H23ClO5. The molecule has 3 aromatic rings. The van der Waals surface area contributed by atoms with E-state index >= 15 is 0 Å². The van der Waals surface area contributed by atoms with Crippen molar-refractivity contribution in [2.45, 2.75) is 13.5 Å². The summed E-state index contributed by atoms with van der Waals surface area (Å²) in [5, 5.41) is 0.699. The summed E-state index contributed by atoms with van der Waals surface area (Å²) in [5.41, 5.74) is 3.22. The van der Waals surface area contributed by atoms with Gasteiger partial charge < -0.3 is 18.9 Å². The minimum atomic E-state index is -0.118. The number of ketones is 1. The van der Waals surface area contributed by atoms with Gasteiger partial charge in [0.1, 0.15) is 31.3 Å². The van der Waals surface area contributed by atoms with Crippen LogP contribution in [0.25, 0.3) is 6.08 Å². The number of ether oxygens (including phenoxy) is 4. The Morgan fingerprint density at radius 3 is 2.62 bits per heavy atom. The Morgan fingerprint density at radius 1 is 1.03 bits per heavy atom. The van der Waals surface area contributed by atoms with E-state index in [-0.39, 0.29) is 5.78 Å². The van der Waals surface area contributed by atoms with Gasteiger partial charge in [0, 0.05) is 16.1 Å². The van der Waals surface area contributed by atoms with Crippen LogP contribution in [0.3, 0.4) is 0 Å². The Kier molecular flexibility index (Phi) is 6.66. The second-order valence-corrected chi connectivity index (χ2v) is 7.73. The minimum absolute atomic E-state index is 0.118. The highest BCUT2D eigenvalue weighted by molar-refractivity contribution is 6.31. The number of carbonyl (C=O) groups excluding carboxylic acids is 1. The molecule has 1 heterocycles. The van der Waals surface area contributed by atoms with E-state index in [1.807, 2.05) is 43.3 Å². The van der Waals surface area contributed by atoms with Gasteiger partial charge in [-0.2, -0.15) is 0 Å². The van der Waals surface area contributed by atoms with Gasteiger partial charge in [0.25, 0.3) is 0 Å². The number of allylic oxidation sites excluding steroid dienone is 1. The fraction of sp³-hybridized carbons (Fsp3) is 0.192. The number of fused-ring (bicyclic) bond motifs is 1. The van der Waals surface area contributed by atoms with Crippen molar-refractivity contribution in [3.05, 3.63) is 87.9 Å². The molecule has 0 amide bonds. The van der Waals surface area contributed by atoms with Crippen LogP contribution < -0.4 is 18.9 Å². The second-order valence-electron chi connectivity index (χ2n) is 7.33. The first kappa shape index (κ1) is 21.8.